The monoisotopic (exact) mass is 264 g/mol. The Bertz CT molecular complexity index is 234. The van der Waals surface area contributed by atoms with Gasteiger partial charge in [0.05, 0.1) is 5.25 Å². The van der Waals surface area contributed by atoms with Crippen LogP contribution in [-0.4, -0.2) is 48.5 Å². The van der Waals surface area contributed by atoms with Gasteiger partial charge in [0.25, 0.3) is 0 Å². The molecule has 2 atom stereocenters. The van der Waals surface area contributed by atoms with Crippen molar-refractivity contribution in [2.75, 3.05) is 32.4 Å². The van der Waals surface area contributed by atoms with Crippen molar-refractivity contribution in [2.24, 2.45) is 5.92 Å². The van der Waals surface area contributed by atoms with Crippen molar-refractivity contribution >= 4 is 30.1 Å². The van der Waals surface area contributed by atoms with Crippen LogP contribution >= 0.6 is 24.2 Å². The maximum atomic E-state index is 12.1. The van der Waals surface area contributed by atoms with Gasteiger partial charge in [-0.1, -0.05) is 0 Å². The molecule has 0 saturated carbocycles. The van der Waals surface area contributed by atoms with Gasteiger partial charge in [0, 0.05) is 13.1 Å². The van der Waals surface area contributed by atoms with Crippen molar-refractivity contribution in [3.05, 3.63) is 0 Å². The summed E-state index contributed by atoms with van der Waals surface area (Å²) >= 11 is 1.85. The summed E-state index contributed by atoms with van der Waals surface area (Å²) in [4.78, 5) is 14.2. The molecule has 2 aliphatic rings. The highest BCUT2D eigenvalue weighted by molar-refractivity contribution is 8.00. The number of amides is 1. The van der Waals surface area contributed by atoms with Crippen LogP contribution in [0.3, 0.4) is 0 Å². The fraction of sp³-hybridized carbons (Fsp3) is 0.909. The van der Waals surface area contributed by atoms with Gasteiger partial charge in [-0.05, 0) is 44.5 Å². The van der Waals surface area contributed by atoms with Crippen molar-refractivity contribution < 1.29 is 4.79 Å². The Morgan fingerprint density at radius 2 is 2.31 bits per heavy atom. The number of likely N-dealkylation sites (tertiary alicyclic amines) is 1. The van der Waals surface area contributed by atoms with E-state index in [0.29, 0.717) is 11.8 Å². The molecule has 0 aliphatic carbocycles. The first-order valence-corrected chi connectivity index (χ1v) is 6.91. The highest BCUT2D eigenvalue weighted by Crippen LogP contribution is 2.29. The number of hydrogen-bond donors (Lipinski definition) is 1. The molecule has 2 saturated heterocycles. The fourth-order valence-corrected chi connectivity index (χ4v) is 3.71. The Morgan fingerprint density at radius 3 is 2.94 bits per heavy atom. The minimum absolute atomic E-state index is 0. The van der Waals surface area contributed by atoms with Crippen molar-refractivity contribution in [3.8, 4) is 0 Å². The van der Waals surface area contributed by atoms with Crippen LogP contribution in [0.5, 0.6) is 0 Å². The van der Waals surface area contributed by atoms with Crippen LogP contribution in [0.1, 0.15) is 19.3 Å². The molecule has 16 heavy (non-hydrogen) atoms. The second kappa shape index (κ2) is 6.72. The Kier molecular flexibility index (Phi) is 5.94. The lowest BCUT2D eigenvalue weighted by atomic mass is 10.1. The average Bonchev–Trinajstić information content (AvgIpc) is 2.87. The minimum atomic E-state index is 0. The number of carbonyl (C=O) groups is 1. The highest BCUT2D eigenvalue weighted by Gasteiger charge is 2.32. The second-order valence-corrected chi connectivity index (χ2v) is 5.81. The minimum Gasteiger partial charge on any atom is -0.341 e. The predicted molar refractivity (Wildman–Crippen MR) is 71.3 cm³/mol. The van der Waals surface area contributed by atoms with Gasteiger partial charge < -0.3 is 10.2 Å². The van der Waals surface area contributed by atoms with Crippen LogP contribution in [0.25, 0.3) is 0 Å². The number of thioether (sulfide) groups is 1. The van der Waals surface area contributed by atoms with Crippen molar-refractivity contribution in [1.82, 2.24) is 10.2 Å². The van der Waals surface area contributed by atoms with Gasteiger partial charge in [-0.3, -0.25) is 4.79 Å². The molecule has 0 aromatic carbocycles. The molecular formula is C11H21ClN2OS. The summed E-state index contributed by atoms with van der Waals surface area (Å²) in [5, 5.41) is 3.47. The van der Waals surface area contributed by atoms with Gasteiger partial charge in [0.15, 0.2) is 0 Å². The lowest BCUT2D eigenvalue weighted by Gasteiger charge is -2.20. The summed E-state index contributed by atoms with van der Waals surface area (Å²) in [5.41, 5.74) is 0. The van der Waals surface area contributed by atoms with E-state index in [9.17, 15) is 4.79 Å². The molecule has 1 N–H and O–H groups in total. The number of carbonyl (C=O) groups excluding carboxylic acids is 1. The zero-order valence-corrected chi connectivity index (χ0v) is 11.4. The molecule has 2 unspecified atom stereocenters. The third-order valence-electron chi connectivity index (χ3n) is 3.30. The summed E-state index contributed by atoms with van der Waals surface area (Å²) in [6, 6.07) is 0. The maximum Gasteiger partial charge on any atom is 0.235 e. The quantitative estimate of drug-likeness (QED) is 0.836. The normalized spacial score (nSPS) is 29.2. The number of halogens is 1. The van der Waals surface area contributed by atoms with E-state index in [1.807, 2.05) is 18.8 Å². The first-order valence-electron chi connectivity index (χ1n) is 5.86. The largest absolute Gasteiger partial charge is 0.341 e. The smallest absolute Gasteiger partial charge is 0.235 e. The topological polar surface area (TPSA) is 32.3 Å². The summed E-state index contributed by atoms with van der Waals surface area (Å²) in [6.07, 6.45) is 3.48. The van der Waals surface area contributed by atoms with Crippen molar-refractivity contribution in [3.63, 3.8) is 0 Å². The molecule has 0 aromatic heterocycles. The molecule has 2 heterocycles. The van der Waals surface area contributed by atoms with Crippen molar-refractivity contribution in [1.29, 1.82) is 0 Å². The average molecular weight is 265 g/mol. The summed E-state index contributed by atoms with van der Waals surface area (Å²) in [6.45, 7) is 2.99. The van der Waals surface area contributed by atoms with E-state index in [-0.39, 0.29) is 17.7 Å². The van der Waals surface area contributed by atoms with E-state index >= 15 is 0 Å². The van der Waals surface area contributed by atoms with Gasteiger partial charge in [0.2, 0.25) is 5.91 Å². The summed E-state index contributed by atoms with van der Waals surface area (Å²) in [7, 11) is 1.98. The van der Waals surface area contributed by atoms with Gasteiger partial charge in [-0.15, -0.1) is 24.2 Å². The molecule has 0 radical (unpaired) electrons. The van der Waals surface area contributed by atoms with E-state index in [0.717, 1.165) is 26.1 Å². The molecule has 5 heteroatoms. The molecule has 2 aliphatic heterocycles. The van der Waals surface area contributed by atoms with Crippen LogP contribution in [0.4, 0.5) is 0 Å². The standard InChI is InChI=1S/C11H20N2OS.ClH/c1-12-7-9-4-5-13(8-9)11(14)10-3-2-6-15-10;/h9-10,12H,2-8H2,1H3;1H. The van der Waals surface area contributed by atoms with Gasteiger partial charge >= 0.3 is 0 Å². The first-order chi connectivity index (χ1) is 7.31. The fourth-order valence-electron chi connectivity index (χ4n) is 2.46. The number of nitrogens with zero attached hydrogens (tertiary/aromatic N) is 1. The molecule has 3 nitrogen and oxygen atoms in total. The zero-order valence-electron chi connectivity index (χ0n) is 9.78. The Labute approximate surface area is 108 Å². The maximum absolute atomic E-state index is 12.1. The second-order valence-electron chi connectivity index (χ2n) is 4.50. The van der Waals surface area contributed by atoms with E-state index in [2.05, 4.69) is 10.2 Å². The van der Waals surface area contributed by atoms with Gasteiger partial charge in [0.1, 0.15) is 0 Å². The Balaban J connectivity index is 0.00000128. The molecule has 2 rings (SSSR count). The number of rotatable bonds is 3. The van der Waals surface area contributed by atoms with Crippen LogP contribution in [0.2, 0.25) is 0 Å². The molecular weight excluding hydrogens is 244 g/mol. The van der Waals surface area contributed by atoms with E-state index in [4.69, 9.17) is 0 Å². The predicted octanol–water partition coefficient (Wildman–Crippen LogP) is 1.37. The third kappa shape index (κ3) is 3.28. The van der Waals surface area contributed by atoms with Crippen molar-refractivity contribution in [2.45, 2.75) is 24.5 Å². The molecule has 0 spiro atoms. The molecule has 0 bridgehead atoms. The lowest BCUT2D eigenvalue weighted by Crippen LogP contribution is -2.35. The lowest BCUT2D eigenvalue weighted by molar-refractivity contribution is -0.129. The number of hydrogen-bond acceptors (Lipinski definition) is 3. The van der Waals surface area contributed by atoms with Crippen LogP contribution < -0.4 is 5.32 Å². The van der Waals surface area contributed by atoms with Crippen LogP contribution in [-0.2, 0) is 4.79 Å². The molecule has 1 amide bonds. The first kappa shape index (κ1) is 14.1. The molecule has 0 aromatic rings. The molecule has 94 valence electrons. The Morgan fingerprint density at radius 1 is 1.50 bits per heavy atom. The van der Waals surface area contributed by atoms with E-state index in [1.54, 1.807) is 0 Å². The summed E-state index contributed by atoms with van der Waals surface area (Å²) in [5.74, 6) is 2.24. The van der Waals surface area contributed by atoms with E-state index < -0.39 is 0 Å². The summed E-state index contributed by atoms with van der Waals surface area (Å²) < 4.78 is 0. The Hall–Kier alpha value is 0.0700. The third-order valence-corrected chi connectivity index (χ3v) is 4.66. The van der Waals surface area contributed by atoms with Gasteiger partial charge in [-0.25, -0.2) is 0 Å². The highest BCUT2D eigenvalue weighted by atomic mass is 35.5. The SMILES string of the molecule is CNCC1CCN(C(=O)C2CCCS2)C1.Cl. The molecule has 2 fully saturated rings. The van der Waals surface area contributed by atoms with Gasteiger partial charge in [-0.2, -0.15) is 0 Å². The van der Waals surface area contributed by atoms with Crippen LogP contribution in [0.15, 0.2) is 0 Å². The van der Waals surface area contributed by atoms with Crippen LogP contribution in [0, 0.1) is 5.92 Å². The number of nitrogens with one attached hydrogen (secondary N) is 1. The zero-order chi connectivity index (χ0) is 10.7. The van der Waals surface area contributed by atoms with E-state index in [1.165, 1.54) is 18.6 Å².